The number of aromatic amines is 1. The normalized spacial score (nSPS) is 19.3. The molecule has 0 bridgehead atoms. The molecule has 3 aromatic rings. The third kappa shape index (κ3) is 6.18. The lowest BCUT2D eigenvalue weighted by Gasteiger charge is -2.32. The van der Waals surface area contributed by atoms with Crippen molar-refractivity contribution < 1.29 is 4.79 Å². The molecule has 10 heteroatoms. The van der Waals surface area contributed by atoms with Gasteiger partial charge >= 0.3 is 0 Å². The van der Waals surface area contributed by atoms with Gasteiger partial charge in [-0.3, -0.25) is 14.9 Å². The van der Waals surface area contributed by atoms with Crippen LogP contribution in [0.3, 0.4) is 0 Å². The van der Waals surface area contributed by atoms with Crippen LogP contribution in [0.2, 0.25) is 0 Å². The van der Waals surface area contributed by atoms with Gasteiger partial charge in [0.15, 0.2) is 5.82 Å². The topological polar surface area (TPSA) is 101 Å². The van der Waals surface area contributed by atoms with Crippen molar-refractivity contribution in [3.8, 4) is 11.5 Å². The Balaban J connectivity index is 1.61. The summed E-state index contributed by atoms with van der Waals surface area (Å²) in [6.45, 7) is 8.31. The summed E-state index contributed by atoms with van der Waals surface area (Å²) in [5.74, 6) is 2.12. The van der Waals surface area contributed by atoms with E-state index in [0.29, 0.717) is 21.0 Å². The van der Waals surface area contributed by atoms with Crippen molar-refractivity contribution in [3.63, 3.8) is 0 Å². The first-order chi connectivity index (χ1) is 17.4. The highest BCUT2D eigenvalue weighted by Crippen LogP contribution is 2.35. The van der Waals surface area contributed by atoms with Crippen LogP contribution in [0.15, 0.2) is 40.0 Å². The molecular weight excluding hydrogens is 494 g/mol. The number of amides is 1. The van der Waals surface area contributed by atoms with Gasteiger partial charge in [0, 0.05) is 18.5 Å². The van der Waals surface area contributed by atoms with E-state index >= 15 is 0 Å². The summed E-state index contributed by atoms with van der Waals surface area (Å²) in [6, 6.07) is 2.37. The van der Waals surface area contributed by atoms with Crippen LogP contribution in [-0.2, 0) is 11.2 Å². The monoisotopic (exact) mass is 527 g/mol. The molecule has 8 nitrogen and oxygen atoms in total. The highest BCUT2D eigenvalue weighted by atomic mass is 35.5. The predicted octanol–water partition coefficient (Wildman–Crippen LogP) is 6.14. The van der Waals surface area contributed by atoms with E-state index in [0.717, 1.165) is 61.1 Å². The van der Waals surface area contributed by atoms with Crippen molar-refractivity contribution in [3.05, 3.63) is 45.8 Å². The zero-order valence-corrected chi connectivity index (χ0v) is 22.9. The molecule has 1 amide bonds. The van der Waals surface area contributed by atoms with Crippen molar-refractivity contribution in [1.29, 1.82) is 0 Å². The third-order valence-electron chi connectivity index (χ3n) is 6.29. The van der Waals surface area contributed by atoms with E-state index in [-0.39, 0.29) is 18.0 Å². The van der Waals surface area contributed by atoms with Gasteiger partial charge in [-0.15, -0.1) is 0 Å². The lowest BCUT2D eigenvalue weighted by atomic mass is 9.90. The summed E-state index contributed by atoms with van der Waals surface area (Å²) in [6.07, 6.45) is 12.6. The number of nitrogens with one attached hydrogen (secondary N) is 2. The molecule has 3 aromatic heterocycles. The number of carbonyl (C=O) groups excluding carboxylic acids is 1. The standard InChI is InChI=1S/C26H34ClN7OS/c1-5-8-22(36-23(27)6-2)26(35)31-17-9-7-10-18(12-17)34-21-13-19(25-29-15-30-33-25)28-14-20(21)32-24(34)11-16(3)4/h6,8,13-18H,5,7,9-12H2,1-4H3,(H,31,35)(H,29,30,33)/b22-8+,23-6-. The van der Waals surface area contributed by atoms with Crippen LogP contribution in [0.5, 0.6) is 0 Å². The molecule has 2 unspecified atom stereocenters. The van der Waals surface area contributed by atoms with Gasteiger partial charge < -0.3 is 9.88 Å². The quantitative estimate of drug-likeness (QED) is 0.324. The molecule has 192 valence electrons. The molecule has 3 heterocycles. The fraction of sp³-hybridized carbons (Fsp3) is 0.500. The molecule has 2 N–H and O–H groups in total. The Hall–Kier alpha value is -2.65. The molecule has 36 heavy (non-hydrogen) atoms. The largest absolute Gasteiger partial charge is 0.349 e. The first-order valence-electron chi connectivity index (χ1n) is 12.6. The average molecular weight is 528 g/mol. The first kappa shape index (κ1) is 26.4. The van der Waals surface area contributed by atoms with E-state index < -0.39 is 0 Å². The van der Waals surface area contributed by atoms with Crippen molar-refractivity contribution in [2.75, 3.05) is 0 Å². The van der Waals surface area contributed by atoms with Crippen molar-refractivity contribution in [2.45, 2.75) is 78.3 Å². The number of fused-ring (bicyclic) bond motifs is 1. The minimum Gasteiger partial charge on any atom is -0.349 e. The number of thioether (sulfide) groups is 1. The second-order valence-electron chi connectivity index (χ2n) is 9.55. The molecule has 0 aromatic carbocycles. The Morgan fingerprint density at radius 3 is 2.89 bits per heavy atom. The first-order valence-corrected chi connectivity index (χ1v) is 13.8. The van der Waals surface area contributed by atoms with Gasteiger partial charge in [-0.25, -0.2) is 9.97 Å². The SMILES string of the molecule is C/C=C(/Cl)S/C(=C/CC)C(=O)NC1CCCC(n2c(CC(C)C)nc3cnc(-c4ncn[nH]4)cc32)C1. The number of pyridine rings is 1. The molecule has 1 aliphatic rings. The van der Waals surface area contributed by atoms with Crippen molar-refractivity contribution >= 4 is 40.3 Å². The molecular formula is C26H34ClN7OS. The second kappa shape index (κ2) is 12.1. The number of imidazole rings is 1. The highest BCUT2D eigenvalue weighted by molar-refractivity contribution is 8.08. The number of allylic oxidation sites excluding steroid dienone is 2. The summed E-state index contributed by atoms with van der Waals surface area (Å²) in [4.78, 5) is 27.6. The van der Waals surface area contributed by atoms with Gasteiger partial charge in [0.1, 0.15) is 23.4 Å². The molecule has 0 saturated heterocycles. The average Bonchev–Trinajstić information content (AvgIpc) is 3.51. The fourth-order valence-corrected chi connectivity index (χ4v) is 5.72. The molecule has 1 aliphatic carbocycles. The predicted molar refractivity (Wildman–Crippen MR) is 146 cm³/mol. The van der Waals surface area contributed by atoms with E-state index in [4.69, 9.17) is 16.6 Å². The Kier molecular flexibility index (Phi) is 8.85. The summed E-state index contributed by atoms with van der Waals surface area (Å²) in [7, 11) is 0. The number of rotatable bonds is 9. The molecule has 0 spiro atoms. The van der Waals surface area contributed by atoms with Crippen LogP contribution in [0, 0.1) is 5.92 Å². The third-order valence-corrected chi connectivity index (χ3v) is 7.74. The molecule has 0 aliphatic heterocycles. The lowest BCUT2D eigenvalue weighted by molar-refractivity contribution is -0.117. The zero-order valence-electron chi connectivity index (χ0n) is 21.3. The van der Waals surface area contributed by atoms with Gasteiger partial charge in [0.2, 0.25) is 0 Å². The minimum atomic E-state index is -0.0535. The van der Waals surface area contributed by atoms with Crippen molar-refractivity contribution in [2.24, 2.45) is 5.92 Å². The van der Waals surface area contributed by atoms with Crippen LogP contribution < -0.4 is 5.32 Å². The number of halogens is 1. The van der Waals surface area contributed by atoms with Gasteiger partial charge in [-0.2, -0.15) is 5.10 Å². The van der Waals surface area contributed by atoms with E-state index in [1.165, 1.54) is 18.1 Å². The summed E-state index contributed by atoms with van der Waals surface area (Å²) >= 11 is 7.53. The molecule has 4 rings (SSSR count). The van der Waals surface area contributed by atoms with E-state index in [2.05, 4.69) is 43.9 Å². The Morgan fingerprint density at radius 1 is 1.36 bits per heavy atom. The van der Waals surface area contributed by atoms with Crippen LogP contribution >= 0.6 is 23.4 Å². The van der Waals surface area contributed by atoms with E-state index in [1.54, 1.807) is 0 Å². The van der Waals surface area contributed by atoms with Gasteiger partial charge in [-0.1, -0.05) is 56.3 Å². The van der Waals surface area contributed by atoms with Crippen LogP contribution in [0.4, 0.5) is 0 Å². The number of carbonyl (C=O) groups is 1. The maximum absolute atomic E-state index is 13.1. The number of nitrogens with zero attached hydrogens (tertiary/aromatic N) is 5. The van der Waals surface area contributed by atoms with E-state index in [1.807, 2.05) is 38.3 Å². The van der Waals surface area contributed by atoms with Crippen LogP contribution in [0.25, 0.3) is 22.6 Å². The molecule has 1 saturated carbocycles. The summed E-state index contributed by atoms with van der Waals surface area (Å²) in [5.41, 5.74) is 2.67. The Bertz CT molecular complexity index is 1250. The Morgan fingerprint density at radius 2 is 2.19 bits per heavy atom. The van der Waals surface area contributed by atoms with Gasteiger partial charge in [0.05, 0.1) is 21.0 Å². The second-order valence-corrected chi connectivity index (χ2v) is 11.3. The lowest BCUT2D eigenvalue weighted by Crippen LogP contribution is -2.39. The van der Waals surface area contributed by atoms with Gasteiger partial charge in [0.25, 0.3) is 5.91 Å². The maximum atomic E-state index is 13.1. The van der Waals surface area contributed by atoms with Crippen molar-refractivity contribution in [1.82, 2.24) is 35.0 Å². The number of aromatic nitrogens is 6. The number of H-pyrrole nitrogens is 1. The van der Waals surface area contributed by atoms with Crippen LogP contribution in [0.1, 0.15) is 71.7 Å². The minimum absolute atomic E-state index is 0.0535. The zero-order chi connectivity index (χ0) is 25.7. The Labute approximate surface area is 221 Å². The molecule has 0 radical (unpaired) electrons. The summed E-state index contributed by atoms with van der Waals surface area (Å²) < 4.78 is 2.98. The molecule has 2 atom stereocenters. The fourth-order valence-electron chi connectivity index (χ4n) is 4.74. The van der Waals surface area contributed by atoms with Gasteiger partial charge in [-0.05, 0) is 51.0 Å². The van der Waals surface area contributed by atoms with E-state index in [9.17, 15) is 4.79 Å². The summed E-state index contributed by atoms with van der Waals surface area (Å²) in [5, 5.41) is 10.2. The molecule has 1 fully saturated rings. The highest BCUT2D eigenvalue weighted by Gasteiger charge is 2.29. The number of hydrogen-bond donors (Lipinski definition) is 2. The van der Waals surface area contributed by atoms with Crippen LogP contribution in [-0.4, -0.2) is 41.7 Å². The smallest absolute Gasteiger partial charge is 0.257 e. The maximum Gasteiger partial charge on any atom is 0.257 e. The number of hydrogen-bond acceptors (Lipinski definition) is 6.